The highest BCUT2D eigenvalue weighted by molar-refractivity contribution is 7.13. The van der Waals surface area contributed by atoms with Crippen LogP contribution in [0.15, 0.2) is 12.1 Å². The number of carbonyl (C=O) groups is 1. The molecule has 1 N–H and O–H groups in total. The Hall–Kier alpha value is -0.910. The standard InChI is InChI=1S/C24H40N2O2S/c1-21-10-11-22(29-21)23(28)26-16-9-12-24(20-26)13-17-25(18-14-24)15-7-5-3-2-4-6-8-19-27/h10-11,27H,2-9,12-20H2,1H3. The number of aliphatic hydroxyl groups excluding tert-OH is 1. The lowest BCUT2D eigenvalue weighted by atomic mass is 9.72. The monoisotopic (exact) mass is 420 g/mol. The van der Waals surface area contributed by atoms with Gasteiger partial charge in [0, 0.05) is 24.6 Å². The molecule has 0 unspecified atom stereocenters. The molecule has 0 saturated carbocycles. The summed E-state index contributed by atoms with van der Waals surface area (Å²) in [6.45, 7) is 7.96. The number of carbonyl (C=O) groups excluding carboxylic acids is 1. The van der Waals surface area contributed by atoms with Gasteiger partial charge in [0.05, 0.1) is 4.88 Å². The Morgan fingerprint density at radius 3 is 2.34 bits per heavy atom. The molecule has 1 spiro atoms. The van der Waals surface area contributed by atoms with Crippen molar-refractivity contribution in [1.29, 1.82) is 0 Å². The zero-order valence-electron chi connectivity index (χ0n) is 18.3. The zero-order chi connectivity index (χ0) is 20.5. The third-order valence-corrected chi connectivity index (χ3v) is 7.94. The molecular formula is C24H40N2O2S. The first-order valence-corrected chi connectivity index (χ1v) is 12.6. The van der Waals surface area contributed by atoms with Gasteiger partial charge >= 0.3 is 0 Å². The maximum Gasteiger partial charge on any atom is 0.263 e. The molecule has 0 atom stereocenters. The molecule has 2 saturated heterocycles. The van der Waals surface area contributed by atoms with E-state index in [0.717, 1.165) is 30.8 Å². The summed E-state index contributed by atoms with van der Waals surface area (Å²) in [7, 11) is 0. The molecule has 29 heavy (non-hydrogen) atoms. The summed E-state index contributed by atoms with van der Waals surface area (Å²) in [6, 6.07) is 4.06. The van der Waals surface area contributed by atoms with E-state index < -0.39 is 0 Å². The Morgan fingerprint density at radius 1 is 1.00 bits per heavy atom. The van der Waals surface area contributed by atoms with Crippen LogP contribution in [0.5, 0.6) is 0 Å². The molecule has 0 aromatic carbocycles. The molecule has 1 amide bonds. The number of aliphatic hydroxyl groups is 1. The lowest BCUT2D eigenvalue weighted by Crippen LogP contribution is -2.51. The summed E-state index contributed by atoms with van der Waals surface area (Å²) >= 11 is 1.63. The number of aryl methyl sites for hydroxylation is 1. The van der Waals surface area contributed by atoms with Gasteiger partial charge < -0.3 is 14.9 Å². The fourth-order valence-electron chi connectivity index (χ4n) is 5.08. The van der Waals surface area contributed by atoms with Crippen LogP contribution in [0.2, 0.25) is 0 Å². The van der Waals surface area contributed by atoms with E-state index >= 15 is 0 Å². The summed E-state index contributed by atoms with van der Waals surface area (Å²) in [5.74, 6) is 0.253. The van der Waals surface area contributed by atoms with Crippen LogP contribution in [0, 0.1) is 12.3 Å². The largest absolute Gasteiger partial charge is 0.396 e. The second-order valence-electron chi connectivity index (χ2n) is 9.28. The molecule has 5 heteroatoms. The number of hydrogen-bond donors (Lipinski definition) is 1. The summed E-state index contributed by atoms with van der Waals surface area (Å²) in [5.41, 5.74) is 0.365. The average molecular weight is 421 g/mol. The van der Waals surface area contributed by atoms with E-state index in [1.165, 1.54) is 82.3 Å². The van der Waals surface area contributed by atoms with Crippen LogP contribution in [-0.2, 0) is 0 Å². The average Bonchev–Trinajstić information content (AvgIpc) is 3.17. The van der Waals surface area contributed by atoms with E-state index in [9.17, 15) is 4.79 Å². The van der Waals surface area contributed by atoms with Crippen LogP contribution >= 0.6 is 11.3 Å². The Morgan fingerprint density at radius 2 is 1.69 bits per heavy atom. The van der Waals surface area contributed by atoms with Gasteiger partial charge in [-0.1, -0.05) is 32.1 Å². The molecule has 2 aliphatic heterocycles. The lowest BCUT2D eigenvalue weighted by Gasteiger charge is -2.47. The predicted molar refractivity (Wildman–Crippen MR) is 122 cm³/mol. The van der Waals surface area contributed by atoms with Crippen LogP contribution in [0.4, 0.5) is 0 Å². The third-order valence-electron chi connectivity index (χ3n) is 6.95. The minimum Gasteiger partial charge on any atom is -0.396 e. The molecule has 2 fully saturated rings. The Balaban J connectivity index is 1.35. The second kappa shape index (κ2) is 11.5. The third kappa shape index (κ3) is 6.80. The lowest BCUT2D eigenvalue weighted by molar-refractivity contribution is 0.0213. The van der Waals surface area contributed by atoms with Gasteiger partial charge in [-0.15, -0.1) is 11.3 Å². The van der Waals surface area contributed by atoms with E-state index in [0.29, 0.717) is 12.0 Å². The number of thiophene rings is 1. The van der Waals surface area contributed by atoms with Crippen LogP contribution < -0.4 is 0 Å². The first-order chi connectivity index (χ1) is 14.1. The highest BCUT2D eigenvalue weighted by Crippen LogP contribution is 2.40. The minimum absolute atomic E-state index is 0.253. The SMILES string of the molecule is Cc1ccc(C(=O)N2CCCC3(CCN(CCCCCCCCCO)CC3)C2)s1. The summed E-state index contributed by atoms with van der Waals surface area (Å²) in [4.78, 5) is 19.8. The second-order valence-corrected chi connectivity index (χ2v) is 10.6. The van der Waals surface area contributed by atoms with Crippen LogP contribution in [0.1, 0.15) is 85.2 Å². The van der Waals surface area contributed by atoms with Gasteiger partial charge in [0.2, 0.25) is 0 Å². The highest BCUT2D eigenvalue weighted by atomic mass is 32.1. The molecule has 1 aromatic heterocycles. The number of likely N-dealkylation sites (tertiary alicyclic amines) is 2. The minimum atomic E-state index is 0.253. The van der Waals surface area contributed by atoms with Gasteiger partial charge in [-0.05, 0) is 82.6 Å². The smallest absolute Gasteiger partial charge is 0.263 e. The maximum atomic E-state index is 12.9. The van der Waals surface area contributed by atoms with Crippen molar-refractivity contribution in [2.24, 2.45) is 5.41 Å². The van der Waals surface area contributed by atoms with Crippen molar-refractivity contribution in [3.8, 4) is 0 Å². The van der Waals surface area contributed by atoms with Gasteiger partial charge in [-0.3, -0.25) is 4.79 Å². The number of piperidine rings is 2. The van der Waals surface area contributed by atoms with E-state index in [2.05, 4.69) is 22.8 Å². The fraction of sp³-hybridized carbons (Fsp3) is 0.792. The van der Waals surface area contributed by atoms with Gasteiger partial charge in [-0.25, -0.2) is 0 Å². The van der Waals surface area contributed by atoms with Gasteiger partial charge in [-0.2, -0.15) is 0 Å². The molecule has 2 aliphatic rings. The number of amides is 1. The van der Waals surface area contributed by atoms with E-state index in [1.807, 2.05) is 6.07 Å². The molecule has 1 aromatic rings. The molecular weight excluding hydrogens is 380 g/mol. The Bertz CT molecular complexity index is 622. The van der Waals surface area contributed by atoms with Crippen LogP contribution in [0.25, 0.3) is 0 Å². The van der Waals surface area contributed by atoms with Gasteiger partial charge in [0.25, 0.3) is 5.91 Å². The summed E-state index contributed by atoms with van der Waals surface area (Å²) < 4.78 is 0. The number of hydrogen-bond acceptors (Lipinski definition) is 4. The van der Waals surface area contributed by atoms with Crippen LogP contribution in [0.3, 0.4) is 0 Å². The summed E-state index contributed by atoms with van der Waals surface area (Å²) in [6.07, 6.45) is 13.7. The highest BCUT2D eigenvalue weighted by Gasteiger charge is 2.39. The van der Waals surface area contributed by atoms with Crippen LogP contribution in [-0.4, -0.2) is 60.1 Å². The molecule has 0 aliphatic carbocycles. The van der Waals surface area contributed by atoms with Gasteiger partial charge in [0.15, 0.2) is 0 Å². The number of rotatable bonds is 10. The Labute approximate surface area is 181 Å². The summed E-state index contributed by atoms with van der Waals surface area (Å²) in [5, 5.41) is 8.81. The quantitative estimate of drug-likeness (QED) is 0.536. The molecule has 0 bridgehead atoms. The van der Waals surface area contributed by atoms with E-state index in [4.69, 9.17) is 5.11 Å². The first kappa shape index (κ1) is 22.8. The maximum absolute atomic E-state index is 12.9. The zero-order valence-corrected chi connectivity index (χ0v) is 19.2. The Kier molecular flexibility index (Phi) is 9.01. The molecule has 3 rings (SSSR count). The van der Waals surface area contributed by atoms with Gasteiger partial charge in [0.1, 0.15) is 0 Å². The number of nitrogens with zero attached hydrogens (tertiary/aromatic N) is 2. The van der Waals surface area contributed by atoms with Crippen molar-refractivity contribution in [3.05, 3.63) is 21.9 Å². The first-order valence-electron chi connectivity index (χ1n) is 11.8. The normalized spacial score (nSPS) is 19.7. The van der Waals surface area contributed by atoms with Crippen molar-refractivity contribution in [3.63, 3.8) is 0 Å². The van der Waals surface area contributed by atoms with Crippen molar-refractivity contribution < 1.29 is 9.90 Å². The molecule has 164 valence electrons. The van der Waals surface area contributed by atoms with E-state index in [1.54, 1.807) is 11.3 Å². The molecule has 0 radical (unpaired) electrons. The predicted octanol–water partition coefficient (Wildman–Crippen LogP) is 5.10. The van der Waals surface area contributed by atoms with Crippen molar-refractivity contribution >= 4 is 17.2 Å². The van der Waals surface area contributed by atoms with E-state index in [-0.39, 0.29) is 5.91 Å². The molecule has 3 heterocycles. The van der Waals surface area contributed by atoms with Crippen molar-refractivity contribution in [1.82, 2.24) is 9.80 Å². The van der Waals surface area contributed by atoms with Crippen molar-refractivity contribution in [2.75, 3.05) is 39.3 Å². The number of unbranched alkanes of at least 4 members (excludes halogenated alkanes) is 6. The fourth-order valence-corrected chi connectivity index (χ4v) is 5.91. The topological polar surface area (TPSA) is 43.8 Å². The molecule has 4 nitrogen and oxygen atoms in total. The van der Waals surface area contributed by atoms with Crippen molar-refractivity contribution in [2.45, 2.75) is 77.6 Å².